The van der Waals surface area contributed by atoms with Gasteiger partial charge in [0.15, 0.2) is 5.16 Å². The Bertz CT molecular complexity index is 874. The molecule has 0 radical (unpaired) electrons. The molecule has 0 fully saturated rings. The van der Waals surface area contributed by atoms with Crippen molar-refractivity contribution in [2.75, 3.05) is 12.3 Å². The Morgan fingerprint density at radius 1 is 1.07 bits per heavy atom. The molecule has 0 saturated heterocycles. The summed E-state index contributed by atoms with van der Waals surface area (Å²) >= 11 is 3.09. The fourth-order valence-electron chi connectivity index (χ4n) is 2.41. The van der Waals surface area contributed by atoms with Crippen molar-refractivity contribution >= 4 is 29.4 Å². The van der Waals surface area contributed by atoms with Crippen molar-refractivity contribution in [3.63, 3.8) is 0 Å². The second kappa shape index (κ2) is 10.1. The van der Waals surface area contributed by atoms with Crippen molar-refractivity contribution in [1.29, 1.82) is 0 Å². The van der Waals surface area contributed by atoms with Crippen molar-refractivity contribution < 1.29 is 9.18 Å². The predicted octanol–water partition coefficient (Wildman–Crippen LogP) is 3.90. The topological polar surface area (TPSA) is 70.7 Å². The van der Waals surface area contributed by atoms with Gasteiger partial charge in [0.05, 0.1) is 0 Å². The molecule has 0 aliphatic rings. The summed E-state index contributed by atoms with van der Waals surface area (Å²) in [7, 11) is 0. The van der Waals surface area contributed by atoms with E-state index in [4.69, 9.17) is 0 Å². The van der Waals surface area contributed by atoms with Crippen molar-refractivity contribution in [3.8, 4) is 0 Å². The van der Waals surface area contributed by atoms with Gasteiger partial charge in [0.25, 0.3) is 5.91 Å². The van der Waals surface area contributed by atoms with Crippen LogP contribution in [0, 0.1) is 5.82 Å². The van der Waals surface area contributed by atoms with Gasteiger partial charge in [-0.15, -0.1) is 0 Å². The number of benzene rings is 2. The van der Waals surface area contributed by atoms with Gasteiger partial charge >= 0.3 is 0 Å². The Balaban J connectivity index is 1.46. The fraction of sp³-hybridized carbons (Fsp3) is 0.211. The highest BCUT2D eigenvalue weighted by molar-refractivity contribution is 7.98. The normalized spacial score (nSPS) is 10.7. The van der Waals surface area contributed by atoms with Crippen LogP contribution in [-0.4, -0.2) is 33.4 Å². The van der Waals surface area contributed by atoms with E-state index in [-0.39, 0.29) is 11.7 Å². The average molecular weight is 403 g/mol. The SMILES string of the molecule is O=C(NCCSCc1ccccc1F)c1ccccc1CSc1ncn[nH]1. The molecule has 0 saturated carbocycles. The minimum atomic E-state index is -0.188. The van der Waals surface area contributed by atoms with Crippen molar-refractivity contribution in [2.45, 2.75) is 16.7 Å². The van der Waals surface area contributed by atoms with Gasteiger partial charge in [-0.05, 0) is 23.3 Å². The Morgan fingerprint density at radius 3 is 2.63 bits per heavy atom. The molecule has 0 atom stereocenters. The van der Waals surface area contributed by atoms with Crippen molar-refractivity contribution in [3.05, 3.63) is 77.4 Å². The molecular weight excluding hydrogens is 383 g/mol. The highest BCUT2D eigenvalue weighted by Crippen LogP contribution is 2.21. The molecule has 27 heavy (non-hydrogen) atoms. The van der Waals surface area contributed by atoms with Crippen LogP contribution in [-0.2, 0) is 11.5 Å². The summed E-state index contributed by atoms with van der Waals surface area (Å²) in [6, 6.07) is 14.3. The Hall–Kier alpha value is -2.32. The largest absolute Gasteiger partial charge is 0.351 e. The van der Waals surface area contributed by atoms with E-state index in [1.165, 1.54) is 24.2 Å². The molecule has 3 rings (SSSR count). The van der Waals surface area contributed by atoms with E-state index in [2.05, 4.69) is 20.5 Å². The van der Waals surface area contributed by atoms with Gasteiger partial charge in [0, 0.05) is 29.4 Å². The van der Waals surface area contributed by atoms with Crippen LogP contribution in [0.3, 0.4) is 0 Å². The quantitative estimate of drug-likeness (QED) is 0.420. The summed E-state index contributed by atoms with van der Waals surface area (Å²) in [4.78, 5) is 16.6. The molecule has 3 aromatic rings. The number of carbonyl (C=O) groups is 1. The number of rotatable bonds is 9. The Morgan fingerprint density at radius 2 is 1.85 bits per heavy atom. The summed E-state index contributed by atoms with van der Waals surface area (Å²) in [6.07, 6.45) is 1.46. The maximum Gasteiger partial charge on any atom is 0.251 e. The number of nitrogens with zero attached hydrogens (tertiary/aromatic N) is 2. The molecule has 5 nitrogen and oxygen atoms in total. The number of thioether (sulfide) groups is 2. The van der Waals surface area contributed by atoms with Gasteiger partial charge in [0.2, 0.25) is 0 Å². The van der Waals surface area contributed by atoms with E-state index < -0.39 is 0 Å². The van der Waals surface area contributed by atoms with Crippen molar-refractivity contribution in [2.24, 2.45) is 0 Å². The number of halogens is 1. The maximum absolute atomic E-state index is 13.6. The first-order valence-corrected chi connectivity index (χ1v) is 10.5. The number of carbonyl (C=O) groups excluding carboxylic acids is 1. The second-order valence-electron chi connectivity index (χ2n) is 5.64. The lowest BCUT2D eigenvalue weighted by Gasteiger charge is -2.10. The van der Waals surface area contributed by atoms with Crippen LogP contribution in [0.15, 0.2) is 60.0 Å². The molecule has 1 aromatic heterocycles. The zero-order chi connectivity index (χ0) is 18.9. The van der Waals surface area contributed by atoms with Gasteiger partial charge in [0.1, 0.15) is 12.1 Å². The average Bonchev–Trinajstić information content (AvgIpc) is 3.21. The minimum Gasteiger partial charge on any atom is -0.351 e. The van der Waals surface area contributed by atoms with Crippen LogP contribution >= 0.6 is 23.5 Å². The number of hydrogen-bond acceptors (Lipinski definition) is 5. The first-order chi connectivity index (χ1) is 13.2. The van der Waals surface area contributed by atoms with Crippen LogP contribution in [0.2, 0.25) is 0 Å². The standard InChI is InChI=1S/C19H19FN4OS2/c20-17-8-4-2-6-15(17)11-26-10-9-21-18(25)16-7-3-1-5-14(16)12-27-19-22-13-23-24-19/h1-8,13H,9-12H2,(H,21,25)(H,22,23,24). The van der Waals surface area contributed by atoms with Gasteiger partial charge in [-0.2, -0.15) is 16.9 Å². The van der Waals surface area contributed by atoms with Gasteiger partial charge in [-0.1, -0.05) is 48.2 Å². The molecule has 0 unspecified atom stereocenters. The molecule has 8 heteroatoms. The Kier molecular flexibility index (Phi) is 7.29. The Labute approximate surface area is 165 Å². The maximum atomic E-state index is 13.6. The molecule has 2 aromatic carbocycles. The lowest BCUT2D eigenvalue weighted by molar-refractivity contribution is 0.0955. The summed E-state index contributed by atoms with van der Waals surface area (Å²) in [6.45, 7) is 0.529. The third-order valence-electron chi connectivity index (χ3n) is 3.77. The molecule has 140 valence electrons. The molecule has 1 amide bonds. The van der Waals surface area contributed by atoms with Gasteiger partial charge in [-0.3, -0.25) is 9.89 Å². The third kappa shape index (κ3) is 5.83. The van der Waals surface area contributed by atoms with Crippen LogP contribution in [0.1, 0.15) is 21.5 Å². The van der Waals surface area contributed by atoms with E-state index in [1.807, 2.05) is 30.3 Å². The lowest BCUT2D eigenvalue weighted by Crippen LogP contribution is -2.26. The van der Waals surface area contributed by atoms with E-state index in [0.717, 1.165) is 16.5 Å². The first-order valence-electron chi connectivity index (χ1n) is 8.39. The lowest BCUT2D eigenvalue weighted by atomic mass is 10.1. The zero-order valence-electron chi connectivity index (χ0n) is 14.5. The molecule has 0 aliphatic carbocycles. The number of aromatic amines is 1. The molecular formula is C19H19FN4OS2. The predicted molar refractivity (Wildman–Crippen MR) is 107 cm³/mol. The number of hydrogen-bond donors (Lipinski definition) is 2. The first kappa shape index (κ1) is 19.4. The second-order valence-corrected chi connectivity index (χ2v) is 7.71. The summed E-state index contributed by atoms with van der Waals surface area (Å²) in [5, 5.41) is 10.3. The third-order valence-corrected chi connectivity index (χ3v) is 5.70. The summed E-state index contributed by atoms with van der Waals surface area (Å²) in [5.41, 5.74) is 2.28. The van der Waals surface area contributed by atoms with E-state index in [1.54, 1.807) is 23.9 Å². The summed E-state index contributed by atoms with van der Waals surface area (Å²) in [5.74, 6) is 1.64. The van der Waals surface area contributed by atoms with Crippen LogP contribution in [0.4, 0.5) is 4.39 Å². The highest BCUT2D eigenvalue weighted by Gasteiger charge is 2.11. The van der Waals surface area contributed by atoms with E-state index in [0.29, 0.717) is 29.2 Å². The number of aromatic nitrogens is 3. The zero-order valence-corrected chi connectivity index (χ0v) is 16.2. The minimum absolute atomic E-state index is 0.102. The van der Waals surface area contributed by atoms with Gasteiger partial charge in [-0.25, -0.2) is 9.37 Å². The smallest absolute Gasteiger partial charge is 0.251 e. The van der Waals surface area contributed by atoms with Gasteiger partial charge < -0.3 is 5.32 Å². The van der Waals surface area contributed by atoms with Crippen molar-refractivity contribution in [1.82, 2.24) is 20.5 Å². The molecule has 2 N–H and O–H groups in total. The molecule has 0 aliphatic heterocycles. The van der Waals surface area contributed by atoms with E-state index >= 15 is 0 Å². The van der Waals surface area contributed by atoms with Crippen LogP contribution < -0.4 is 5.32 Å². The number of amides is 1. The number of H-pyrrole nitrogens is 1. The molecule has 0 spiro atoms. The van der Waals surface area contributed by atoms with Crippen LogP contribution in [0.25, 0.3) is 0 Å². The number of nitrogens with one attached hydrogen (secondary N) is 2. The highest BCUT2D eigenvalue weighted by atomic mass is 32.2. The fourth-order valence-corrected chi connectivity index (χ4v) is 4.03. The van der Waals surface area contributed by atoms with E-state index in [9.17, 15) is 9.18 Å². The molecule has 1 heterocycles. The van der Waals surface area contributed by atoms with Crippen LogP contribution in [0.5, 0.6) is 0 Å². The molecule has 0 bridgehead atoms. The monoisotopic (exact) mass is 402 g/mol. The summed E-state index contributed by atoms with van der Waals surface area (Å²) < 4.78 is 13.6.